The summed E-state index contributed by atoms with van der Waals surface area (Å²) in [5, 5.41) is 15.7. The van der Waals surface area contributed by atoms with Crippen molar-refractivity contribution in [1.82, 2.24) is 20.6 Å². The molecule has 5 rings (SSSR count). The van der Waals surface area contributed by atoms with Crippen LogP contribution in [0, 0.1) is 0 Å². The number of H-pyrrole nitrogens is 1. The van der Waals surface area contributed by atoms with Gasteiger partial charge in [0.25, 0.3) is 17.8 Å². The maximum atomic E-state index is 13.7. The SMILES string of the molecule is CS(=O)(=O)c1ccc(C(=O)N(Cc2ccc(C(=O)Nc3nn[nH]n3)cc2)c2ccc(C3CCCCC3)cc2)cc1. The van der Waals surface area contributed by atoms with Crippen molar-refractivity contribution in [3.8, 4) is 0 Å². The number of anilines is 2. The zero-order chi connectivity index (χ0) is 28.1. The van der Waals surface area contributed by atoms with Crippen molar-refractivity contribution in [2.24, 2.45) is 0 Å². The fourth-order valence-corrected chi connectivity index (χ4v) is 5.61. The number of benzene rings is 3. The van der Waals surface area contributed by atoms with Crippen LogP contribution in [-0.4, -0.2) is 47.1 Å². The molecule has 1 aromatic heterocycles. The van der Waals surface area contributed by atoms with Crippen molar-refractivity contribution >= 4 is 33.3 Å². The van der Waals surface area contributed by atoms with Crippen LogP contribution >= 0.6 is 0 Å². The topological polar surface area (TPSA) is 138 Å². The van der Waals surface area contributed by atoms with Gasteiger partial charge >= 0.3 is 0 Å². The van der Waals surface area contributed by atoms with Gasteiger partial charge in [0.2, 0.25) is 0 Å². The number of nitrogens with zero attached hydrogens (tertiary/aromatic N) is 4. The predicted octanol–water partition coefficient (Wildman–Crippen LogP) is 4.75. The van der Waals surface area contributed by atoms with Gasteiger partial charge in [0, 0.05) is 23.1 Å². The molecule has 40 heavy (non-hydrogen) atoms. The Bertz CT molecular complexity index is 1560. The number of hydrogen-bond acceptors (Lipinski definition) is 7. The maximum Gasteiger partial charge on any atom is 0.270 e. The lowest BCUT2D eigenvalue weighted by atomic mass is 9.84. The predicted molar refractivity (Wildman–Crippen MR) is 151 cm³/mol. The van der Waals surface area contributed by atoms with Gasteiger partial charge in [0.05, 0.1) is 11.4 Å². The Hall–Kier alpha value is -4.38. The number of sulfone groups is 1. The molecule has 206 valence electrons. The van der Waals surface area contributed by atoms with Gasteiger partial charge < -0.3 is 4.90 Å². The lowest BCUT2D eigenvalue weighted by Crippen LogP contribution is -2.30. The van der Waals surface area contributed by atoms with E-state index in [0.29, 0.717) is 17.0 Å². The van der Waals surface area contributed by atoms with Crippen LogP contribution < -0.4 is 10.2 Å². The Morgan fingerprint density at radius 1 is 0.900 bits per heavy atom. The van der Waals surface area contributed by atoms with E-state index in [0.717, 1.165) is 17.5 Å². The summed E-state index contributed by atoms with van der Waals surface area (Å²) in [5.74, 6) is -0.0272. The van der Waals surface area contributed by atoms with E-state index < -0.39 is 9.84 Å². The lowest BCUT2D eigenvalue weighted by Gasteiger charge is -2.25. The number of carbonyl (C=O) groups is 2. The van der Waals surface area contributed by atoms with Gasteiger partial charge in [-0.2, -0.15) is 5.21 Å². The third-order valence-corrected chi connectivity index (χ3v) is 8.31. The molecular weight excluding hydrogens is 528 g/mol. The second-order valence-electron chi connectivity index (χ2n) is 10.0. The van der Waals surface area contributed by atoms with Gasteiger partial charge in [0.1, 0.15) is 0 Å². The zero-order valence-electron chi connectivity index (χ0n) is 22.1. The Kier molecular flexibility index (Phi) is 8.01. The molecule has 1 heterocycles. The van der Waals surface area contributed by atoms with E-state index in [4.69, 9.17) is 0 Å². The Morgan fingerprint density at radius 2 is 1.55 bits per heavy atom. The van der Waals surface area contributed by atoms with Crippen molar-refractivity contribution in [2.75, 3.05) is 16.5 Å². The smallest absolute Gasteiger partial charge is 0.270 e. The molecule has 11 heteroatoms. The molecule has 0 saturated heterocycles. The van der Waals surface area contributed by atoms with Crippen LogP contribution in [0.3, 0.4) is 0 Å². The van der Waals surface area contributed by atoms with E-state index in [-0.39, 0.29) is 29.2 Å². The van der Waals surface area contributed by atoms with Crippen LogP contribution in [0.4, 0.5) is 11.6 Å². The molecule has 4 aromatic rings. The van der Waals surface area contributed by atoms with Crippen LogP contribution in [0.2, 0.25) is 0 Å². The van der Waals surface area contributed by atoms with Crippen molar-refractivity contribution < 1.29 is 18.0 Å². The van der Waals surface area contributed by atoms with E-state index in [2.05, 4.69) is 38.1 Å². The van der Waals surface area contributed by atoms with E-state index in [1.54, 1.807) is 29.2 Å². The first kappa shape index (κ1) is 27.2. The van der Waals surface area contributed by atoms with Gasteiger partial charge in [0.15, 0.2) is 9.84 Å². The van der Waals surface area contributed by atoms with Crippen molar-refractivity contribution in [3.63, 3.8) is 0 Å². The monoisotopic (exact) mass is 558 g/mol. The van der Waals surface area contributed by atoms with Gasteiger partial charge in [-0.25, -0.2) is 8.42 Å². The number of amides is 2. The average Bonchev–Trinajstić information content (AvgIpc) is 3.49. The highest BCUT2D eigenvalue weighted by Gasteiger charge is 2.21. The molecular formula is C29H30N6O4S. The minimum atomic E-state index is -3.38. The normalized spacial score (nSPS) is 14.0. The first-order valence-electron chi connectivity index (χ1n) is 13.1. The van der Waals surface area contributed by atoms with E-state index in [1.807, 2.05) is 12.1 Å². The lowest BCUT2D eigenvalue weighted by molar-refractivity contribution is 0.0983. The molecule has 0 radical (unpaired) electrons. The summed E-state index contributed by atoms with van der Waals surface area (Å²) in [4.78, 5) is 28.0. The standard InChI is InChI=1S/C29H30N6O4S/c1-40(38,39)26-17-13-24(14-18-26)28(37)35(25-15-11-22(12-16-25)21-5-3-2-4-6-21)19-20-7-9-23(10-8-20)27(36)30-29-31-33-34-32-29/h7-18,21H,2-6,19H2,1H3,(H2,30,31,32,33,34,36). The first-order chi connectivity index (χ1) is 19.3. The molecule has 0 bridgehead atoms. The maximum absolute atomic E-state index is 13.7. The molecule has 1 fully saturated rings. The van der Waals surface area contributed by atoms with E-state index in [1.165, 1.54) is 61.9 Å². The fraction of sp³-hybridized carbons (Fsp3) is 0.276. The van der Waals surface area contributed by atoms with Gasteiger partial charge in [-0.15, -0.1) is 5.10 Å². The average molecular weight is 559 g/mol. The summed E-state index contributed by atoms with van der Waals surface area (Å²) >= 11 is 0. The molecule has 1 aliphatic rings. The summed E-state index contributed by atoms with van der Waals surface area (Å²) in [5.41, 5.74) is 3.61. The highest BCUT2D eigenvalue weighted by atomic mass is 32.2. The molecule has 2 N–H and O–H groups in total. The molecule has 0 atom stereocenters. The van der Waals surface area contributed by atoms with Gasteiger partial charge in [-0.3, -0.25) is 14.9 Å². The van der Waals surface area contributed by atoms with Crippen LogP contribution in [-0.2, 0) is 16.4 Å². The molecule has 2 amide bonds. The number of tetrazole rings is 1. The van der Waals surface area contributed by atoms with Crippen LogP contribution in [0.5, 0.6) is 0 Å². The summed E-state index contributed by atoms with van der Waals surface area (Å²) in [6, 6.07) is 21.0. The largest absolute Gasteiger partial charge is 0.304 e. The molecule has 0 spiro atoms. The fourth-order valence-electron chi connectivity index (χ4n) is 4.98. The van der Waals surface area contributed by atoms with Crippen LogP contribution in [0.25, 0.3) is 0 Å². The summed E-state index contributed by atoms with van der Waals surface area (Å²) in [7, 11) is -3.38. The second kappa shape index (κ2) is 11.8. The summed E-state index contributed by atoms with van der Waals surface area (Å²) < 4.78 is 23.8. The Labute approximate surface area is 232 Å². The van der Waals surface area contributed by atoms with Crippen LogP contribution in [0.1, 0.15) is 69.9 Å². The zero-order valence-corrected chi connectivity index (χ0v) is 22.9. The Balaban J connectivity index is 1.39. The minimum absolute atomic E-state index is 0.0735. The molecule has 10 nitrogen and oxygen atoms in total. The molecule has 1 aliphatic carbocycles. The van der Waals surface area contributed by atoms with E-state index >= 15 is 0 Å². The van der Waals surface area contributed by atoms with Crippen molar-refractivity contribution in [3.05, 3.63) is 95.1 Å². The highest BCUT2D eigenvalue weighted by molar-refractivity contribution is 7.90. The Morgan fingerprint density at radius 3 is 2.15 bits per heavy atom. The molecule has 0 aliphatic heterocycles. The van der Waals surface area contributed by atoms with E-state index in [9.17, 15) is 18.0 Å². The molecule has 3 aromatic carbocycles. The number of nitrogens with one attached hydrogen (secondary N) is 2. The number of aromatic nitrogens is 4. The number of aromatic amines is 1. The third kappa shape index (κ3) is 6.42. The second-order valence-corrected chi connectivity index (χ2v) is 12.0. The summed E-state index contributed by atoms with van der Waals surface area (Å²) in [6.07, 6.45) is 7.26. The highest BCUT2D eigenvalue weighted by Crippen LogP contribution is 2.34. The van der Waals surface area contributed by atoms with Gasteiger partial charge in [-0.05, 0) is 83.6 Å². The molecule has 1 saturated carbocycles. The summed E-state index contributed by atoms with van der Waals surface area (Å²) in [6.45, 7) is 0.252. The molecule has 0 unspecified atom stereocenters. The number of rotatable bonds is 8. The quantitative estimate of drug-likeness (QED) is 0.318. The third-order valence-electron chi connectivity index (χ3n) is 7.18. The minimum Gasteiger partial charge on any atom is -0.304 e. The van der Waals surface area contributed by atoms with Gasteiger partial charge in [-0.1, -0.05) is 48.6 Å². The number of hydrogen-bond donors (Lipinski definition) is 2. The first-order valence-corrected chi connectivity index (χ1v) is 15.0. The van der Waals surface area contributed by atoms with Crippen molar-refractivity contribution in [1.29, 1.82) is 0 Å². The van der Waals surface area contributed by atoms with Crippen molar-refractivity contribution in [2.45, 2.75) is 49.5 Å². The number of carbonyl (C=O) groups excluding carboxylic acids is 2. The van der Waals surface area contributed by atoms with Crippen LogP contribution in [0.15, 0.2) is 77.7 Å².